The molecule has 0 aliphatic carbocycles. The van der Waals surface area contributed by atoms with Gasteiger partial charge in [-0.05, 0) is 19.1 Å². The Morgan fingerprint density at radius 3 is 3.13 bits per heavy atom. The fourth-order valence-corrected chi connectivity index (χ4v) is 1.07. The number of amides is 1. The number of hydrogen-bond acceptors (Lipinski definition) is 4. The van der Waals surface area contributed by atoms with E-state index in [9.17, 15) is 4.79 Å². The van der Waals surface area contributed by atoms with Gasteiger partial charge in [-0.25, -0.2) is 4.98 Å². The van der Waals surface area contributed by atoms with E-state index >= 15 is 0 Å². The first-order chi connectivity index (χ1) is 7.25. The molecule has 0 spiro atoms. The number of carbonyl (C=O) groups is 1. The molecule has 1 aromatic heterocycles. The Labute approximate surface area is 88.6 Å². The lowest BCUT2D eigenvalue weighted by Gasteiger charge is -2.06. The highest BCUT2D eigenvalue weighted by molar-refractivity contribution is 5.96. The summed E-state index contributed by atoms with van der Waals surface area (Å²) in [5, 5.41) is 2.67. The van der Waals surface area contributed by atoms with Crippen molar-refractivity contribution in [3.05, 3.63) is 24.0 Å². The quantitative estimate of drug-likeness (QED) is 0.689. The molecule has 0 unspecified atom stereocenters. The van der Waals surface area contributed by atoms with Crippen molar-refractivity contribution in [1.29, 1.82) is 0 Å². The van der Waals surface area contributed by atoms with Crippen LogP contribution in [-0.2, 0) is 4.74 Å². The van der Waals surface area contributed by atoms with Gasteiger partial charge in [0.2, 0.25) is 0 Å². The molecule has 1 heterocycles. The van der Waals surface area contributed by atoms with E-state index in [0.29, 0.717) is 25.4 Å². The smallest absolute Gasteiger partial charge is 0.272 e. The molecular formula is C10H15N3O2. The minimum Gasteiger partial charge on any atom is -0.397 e. The van der Waals surface area contributed by atoms with Crippen molar-refractivity contribution in [2.45, 2.75) is 6.92 Å². The highest BCUT2D eigenvalue weighted by atomic mass is 16.5. The molecule has 82 valence electrons. The lowest BCUT2D eigenvalue weighted by molar-refractivity contribution is 0.0918. The molecule has 5 nitrogen and oxygen atoms in total. The monoisotopic (exact) mass is 209 g/mol. The van der Waals surface area contributed by atoms with E-state index in [-0.39, 0.29) is 11.6 Å². The first-order valence-corrected chi connectivity index (χ1v) is 4.82. The summed E-state index contributed by atoms with van der Waals surface area (Å²) >= 11 is 0. The number of nitrogens with one attached hydrogen (secondary N) is 1. The summed E-state index contributed by atoms with van der Waals surface area (Å²) in [6, 6.07) is 3.33. The van der Waals surface area contributed by atoms with Gasteiger partial charge < -0.3 is 15.8 Å². The van der Waals surface area contributed by atoms with Crippen LogP contribution in [0.3, 0.4) is 0 Å². The largest absolute Gasteiger partial charge is 0.397 e. The molecule has 0 atom stereocenters. The van der Waals surface area contributed by atoms with Crippen LogP contribution in [0, 0.1) is 0 Å². The van der Waals surface area contributed by atoms with Gasteiger partial charge in [0.05, 0.1) is 12.3 Å². The highest BCUT2D eigenvalue weighted by Gasteiger charge is 2.09. The van der Waals surface area contributed by atoms with E-state index < -0.39 is 0 Å². The molecule has 0 saturated carbocycles. The molecule has 0 aromatic carbocycles. The fraction of sp³-hybridized carbons (Fsp3) is 0.400. The van der Waals surface area contributed by atoms with Crippen LogP contribution in [0.5, 0.6) is 0 Å². The minimum absolute atomic E-state index is 0.258. The molecular weight excluding hydrogens is 194 g/mol. The van der Waals surface area contributed by atoms with Crippen LogP contribution in [-0.4, -0.2) is 30.6 Å². The average molecular weight is 209 g/mol. The summed E-state index contributed by atoms with van der Waals surface area (Å²) in [4.78, 5) is 15.4. The maximum atomic E-state index is 11.5. The summed E-state index contributed by atoms with van der Waals surface area (Å²) < 4.78 is 5.08. The van der Waals surface area contributed by atoms with E-state index in [1.54, 1.807) is 12.1 Å². The van der Waals surface area contributed by atoms with Crippen molar-refractivity contribution in [2.75, 3.05) is 25.5 Å². The Kier molecular flexibility index (Phi) is 4.56. The fourth-order valence-electron chi connectivity index (χ4n) is 1.07. The van der Waals surface area contributed by atoms with Crippen molar-refractivity contribution >= 4 is 11.6 Å². The van der Waals surface area contributed by atoms with Crippen LogP contribution >= 0.6 is 0 Å². The highest BCUT2D eigenvalue weighted by Crippen LogP contribution is 2.05. The average Bonchev–Trinajstić information content (AvgIpc) is 2.25. The lowest BCUT2D eigenvalue weighted by Crippen LogP contribution is -2.28. The van der Waals surface area contributed by atoms with E-state index in [1.165, 1.54) is 6.20 Å². The summed E-state index contributed by atoms with van der Waals surface area (Å²) in [7, 11) is 0. The van der Waals surface area contributed by atoms with Gasteiger partial charge in [-0.3, -0.25) is 4.79 Å². The maximum Gasteiger partial charge on any atom is 0.272 e. The first-order valence-electron chi connectivity index (χ1n) is 4.82. The molecule has 1 rings (SSSR count). The standard InChI is InChI=1S/C10H15N3O2/c1-2-15-7-6-13-10(14)9-8(11)4-3-5-12-9/h3-5H,2,6-7,11H2,1H3,(H,13,14). The molecule has 1 amide bonds. The van der Waals surface area contributed by atoms with Crippen molar-refractivity contribution in [1.82, 2.24) is 10.3 Å². The minimum atomic E-state index is -0.271. The molecule has 15 heavy (non-hydrogen) atoms. The first kappa shape index (κ1) is 11.5. The number of hydrogen-bond donors (Lipinski definition) is 2. The Morgan fingerprint density at radius 1 is 1.67 bits per heavy atom. The predicted octanol–water partition coefficient (Wildman–Crippen LogP) is 0.430. The second-order valence-corrected chi connectivity index (χ2v) is 2.89. The number of aromatic nitrogens is 1. The number of pyridine rings is 1. The molecule has 0 aliphatic heterocycles. The van der Waals surface area contributed by atoms with Crippen LogP contribution < -0.4 is 11.1 Å². The Morgan fingerprint density at radius 2 is 2.47 bits per heavy atom. The zero-order chi connectivity index (χ0) is 11.1. The van der Waals surface area contributed by atoms with Crippen molar-refractivity contribution in [3.63, 3.8) is 0 Å². The zero-order valence-corrected chi connectivity index (χ0v) is 8.69. The molecule has 0 saturated heterocycles. The number of ether oxygens (including phenoxy) is 1. The van der Waals surface area contributed by atoms with Crippen molar-refractivity contribution < 1.29 is 9.53 Å². The van der Waals surface area contributed by atoms with Gasteiger partial charge in [0.25, 0.3) is 5.91 Å². The van der Waals surface area contributed by atoms with Gasteiger partial charge in [0, 0.05) is 19.3 Å². The summed E-state index contributed by atoms with van der Waals surface area (Å²) in [6.07, 6.45) is 1.54. The number of nitrogens with zero attached hydrogens (tertiary/aromatic N) is 1. The number of anilines is 1. The van der Waals surface area contributed by atoms with Crippen molar-refractivity contribution in [3.8, 4) is 0 Å². The third kappa shape index (κ3) is 3.55. The second kappa shape index (κ2) is 5.98. The van der Waals surface area contributed by atoms with Crippen LogP contribution in [0.4, 0.5) is 5.69 Å². The molecule has 3 N–H and O–H groups in total. The van der Waals surface area contributed by atoms with Gasteiger partial charge in [0.1, 0.15) is 0 Å². The van der Waals surface area contributed by atoms with Crippen LogP contribution in [0.2, 0.25) is 0 Å². The summed E-state index contributed by atoms with van der Waals surface area (Å²) in [5.41, 5.74) is 6.24. The third-order valence-electron chi connectivity index (χ3n) is 1.79. The second-order valence-electron chi connectivity index (χ2n) is 2.89. The number of nitrogen functional groups attached to an aromatic ring is 1. The van der Waals surface area contributed by atoms with Crippen LogP contribution in [0.25, 0.3) is 0 Å². The maximum absolute atomic E-state index is 11.5. The van der Waals surface area contributed by atoms with E-state index in [2.05, 4.69) is 10.3 Å². The van der Waals surface area contributed by atoms with E-state index in [1.807, 2.05) is 6.92 Å². The molecule has 5 heteroatoms. The summed E-state index contributed by atoms with van der Waals surface area (Å²) in [6.45, 7) is 3.50. The number of rotatable bonds is 5. The van der Waals surface area contributed by atoms with Gasteiger partial charge in [-0.2, -0.15) is 0 Å². The molecule has 0 radical (unpaired) electrons. The Bertz CT molecular complexity index is 328. The van der Waals surface area contributed by atoms with Crippen molar-refractivity contribution in [2.24, 2.45) is 0 Å². The molecule has 0 aliphatic rings. The van der Waals surface area contributed by atoms with Gasteiger partial charge in [-0.1, -0.05) is 0 Å². The topological polar surface area (TPSA) is 77.2 Å². The molecule has 1 aromatic rings. The van der Waals surface area contributed by atoms with Gasteiger partial charge >= 0.3 is 0 Å². The van der Waals surface area contributed by atoms with E-state index in [0.717, 1.165) is 0 Å². The van der Waals surface area contributed by atoms with Crippen LogP contribution in [0.1, 0.15) is 17.4 Å². The Hall–Kier alpha value is -1.62. The lowest BCUT2D eigenvalue weighted by atomic mass is 10.3. The van der Waals surface area contributed by atoms with Crippen LogP contribution in [0.15, 0.2) is 18.3 Å². The predicted molar refractivity (Wildman–Crippen MR) is 57.5 cm³/mol. The molecule has 0 fully saturated rings. The normalized spacial score (nSPS) is 9.93. The molecule has 0 bridgehead atoms. The Balaban J connectivity index is 2.44. The number of nitrogens with two attached hydrogens (primary N) is 1. The third-order valence-corrected chi connectivity index (χ3v) is 1.79. The van der Waals surface area contributed by atoms with Gasteiger partial charge in [0.15, 0.2) is 5.69 Å². The SMILES string of the molecule is CCOCCNC(=O)c1ncccc1N. The van der Waals surface area contributed by atoms with Gasteiger partial charge in [-0.15, -0.1) is 0 Å². The summed E-state index contributed by atoms with van der Waals surface area (Å²) in [5.74, 6) is -0.271. The number of carbonyl (C=O) groups excluding carboxylic acids is 1. The van der Waals surface area contributed by atoms with E-state index in [4.69, 9.17) is 10.5 Å². The zero-order valence-electron chi connectivity index (χ0n) is 8.69.